The van der Waals surface area contributed by atoms with Gasteiger partial charge in [-0.25, -0.2) is 4.39 Å². The maximum absolute atomic E-state index is 13.4. The zero-order valence-corrected chi connectivity index (χ0v) is 10.8. The quantitative estimate of drug-likeness (QED) is 0.812. The highest BCUT2D eigenvalue weighted by atomic mass is 19.1. The van der Waals surface area contributed by atoms with E-state index in [1.165, 1.54) is 18.7 Å². The molecule has 0 aliphatic carbocycles. The first-order chi connectivity index (χ1) is 9.20. The molecule has 0 radical (unpaired) electrons. The van der Waals surface area contributed by atoms with Gasteiger partial charge in [0, 0.05) is 18.7 Å². The Kier molecular flexibility index (Phi) is 4.23. The smallest absolute Gasteiger partial charge is 0.167 e. The zero-order valence-electron chi connectivity index (χ0n) is 10.8. The summed E-state index contributed by atoms with van der Waals surface area (Å²) in [5.74, 6) is -0.259. The molecular weight excluding hydrogens is 243 g/mol. The fraction of sp³-hybridized carbons (Fsp3) is 0.200. The van der Waals surface area contributed by atoms with E-state index in [4.69, 9.17) is 10.5 Å². The largest absolute Gasteiger partial charge is 0.494 e. The summed E-state index contributed by atoms with van der Waals surface area (Å²) in [6.07, 6.45) is 0.875. The van der Waals surface area contributed by atoms with Gasteiger partial charge in [0.1, 0.15) is 0 Å². The van der Waals surface area contributed by atoms with E-state index in [1.54, 1.807) is 6.07 Å². The molecule has 3 nitrogen and oxygen atoms in total. The monoisotopic (exact) mass is 260 g/mol. The Labute approximate surface area is 112 Å². The van der Waals surface area contributed by atoms with E-state index in [0.29, 0.717) is 11.4 Å². The number of hydrogen-bond acceptors (Lipinski definition) is 3. The minimum absolute atomic E-state index is 0.191. The van der Waals surface area contributed by atoms with Crippen LogP contribution in [0.4, 0.5) is 15.8 Å². The summed E-state index contributed by atoms with van der Waals surface area (Å²) in [5.41, 5.74) is 8.07. The molecule has 0 fully saturated rings. The topological polar surface area (TPSA) is 47.3 Å². The molecular formula is C15H17FN2O. The second kappa shape index (κ2) is 6.09. The van der Waals surface area contributed by atoms with Crippen LogP contribution in [-0.2, 0) is 6.42 Å². The number of nitrogens with one attached hydrogen (secondary N) is 1. The number of ether oxygens (including phenoxy) is 1. The molecule has 0 unspecified atom stereocenters. The molecule has 19 heavy (non-hydrogen) atoms. The number of nitrogen functional groups attached to an aromatic ring is 1. The highest BCUT2D eigenvalue weighted by Gasteiger charge is 2.07. The Morgan fingerprint density at radius 1 is 1.21 bits per heavy atom. The van der Waals surface area contributed by atoms with Crippen LogP contribution in [0, 0.1) is 5.82 Å². The van der Waals surface area contributed by atoms with Gasteiger partial charge in [0.25, 0.3) is 0 Å². The van der Waals surface area contributed by atoms with Crippen LogP contribution in [0.2, 0.25) is 0 Å². The number of rotatable bonds is 5. The molecule has 4 heteroatoms. The molecule has 100 valence electrons. The Morgan fingerprint density at radius 2 is 1.95 bits per heavy atom. The fourth-order valence-electron chi connectivity index (χ4n) is 1.86. The fourth-order valence-corrected chi connectivity index (χ4v) is 1.86. The Morgan fingerprint density at radius 3 is 2.63 bits per heavy atom. The van der Waals surface area contributed by atoms with Crippen molar-refractivity contribution in [1.82, 2.24) is 0 Å². The SMILES string of the molecule is COc1cc(NCCc2ccccc2)c(N)cc1F. The Hall–Kier alpha value is -2.23. The third-order valence-electron chi connectivity index (χ3n) is 2.90. The van der Waals surface area contributed by atoms with E-state index in [-0.39, 0.29) is 5.75 Å². The van der Waals surface area contributed by atoms with Gasteiger partial charge < -0.3 is 15.8 Å². The molecule has 0 aliphatic heterocycles. The van der Waals surface area contributed by atoms with Gasteiger partial charge in [0.2, 0.25) is 0 Å². The van der Waals surface area contributed by atoms with E-state index < -0.39 is 5.82 Å². The molecule has 3 N–H and O–H groups in total. The van der Waals surface area contributed by atoms with Crippen molar-refractivity contribution in [3.63, 3.8) is 0 Å². The number of methoxy groups -OCH3 is 1. The van der Waals surface area contributed by atoms with Gasteiger partial charge in [-0.05, 0) is 12.0 Å². The number of hydrogen-bond donors (Lipinski definition) is 2. The molecule has 2 aromatic rings. The van der Waals surface area contributed by atoms with Crippen molar-refractivity contribution in [3.8, 4) is 5.75 Å². The second-order valence-electron chi connectivity index (χ2n) is 4.24. The molecule has 2 aromatic carbocycles. The third-order valence-corrected chi connectivity index (χ3v) is 2.90. The predicted molar refractivity (Wildman–Crippen MR) is 76.0 cm³/mol. The molecule has 0 aliphatic rings. The van der Waals surface area contributed by atoms with Crippen molar-refractivity contribution < 1.29 is 9.13 Å². The number of nitrogens with two attached hydrogens (primary N) is 1. The van der Waals surface area contributed by atoms with Gasteiger partial charge in [0.05, 0.1) is 18.5 Å². The van der Waals surface area contributed by atoms with Crippen molar-refractivity contribution in [3.05, 3.63) is 53.8 Å². The summed E-state index contributed by atoms with van der Waals surface area (Å²) in [4.78, 5) is 0. The molecule has 0 heterocycles. The van der Waals surface area contributed by atoms with Crippen LogP contribution in [0.25, 0.3) is 0 Å². The predicted octanol–water partition coefficient (Wildman–Crippen LogP) is 3.07. The standard InChI is InChI=1S/C15H17FN2O/c1-19-15-10-14(13(17)9-12(15)16)18-8-7-11-5-3-2-4-6-11/h2-6,9-10,18H,7-8,17H2,1H3. The molecule has 0 bridgehead atoms. The highest BCUT2D eigenvalue weighted by Crippen LogP contribution is 2.27. The summed E-state index contributed by atoms with van der Waals surface area (Å²) in [6, 6.07) is 13.0. The van der Waals surface area contributed by atoms with Crippen LogP contribution in [0.1, 0.15) is 5.56 Å². The van der Waals surface area contributed by atoms with Crippen LogP contribution >= 0.6 is 0 Å². The molecule has 0 atom stereocenters. The van der Waals surface area contributed by atoms with Crippen LogP contribution in [0.15, 0.2) is 42.5 Å². The van der Waals surface area contributed by atoms with Gasteiger partial charge in [-0.2, -0.15) is 0 Å². The lowest BCUT2D eigenvalue weighted by molar-refractivity contribution is 0.387. The first-order valence-corrected chi connectivity index (χ1v) is 6.11. The molecule has 2 rings (SSSR count). The van der Waals surface area contributed by atoms with Crippen molar-refractivity contribution >= 4 is 11.4 Å². The maximum Gasteiger partial charge on any atom is 0.167 e. The lowest BCUT2D eigenvalue weighted by atomic mass is 10.1. The maximum atomic E-state index is 13.4. The first kappa shape index (κ1) is 13.2. The Balaban J connectivity index is 2.00. The highest BCUT2D eigenvalue weighted by molar-refractivity contribution is 5.68. The summed E-state index contributed by atoms with van der Waals surface area (Å²) in [6.45, 7) is 0.725. The average Bonchev–Trinajstić information content (AvgIpc) is 2.42. The van der Waals surface area contributed by atoms with Crippen LogP contribution in [0.3, 0.4) is 0 Å². The molecule has 0 spiro atoms. The molecule has 0 aromatic heterocycles. The van der Waals surface area contributed by atoms with E-state index >= 15 is 0 Å². The normalized spacial score (nSPS) is 10.2. The third kappa shape index (κ3) is 3.37. The minimum atomic E-state index is -0.450. The molecule has 0 saturated carbocycles. The van der Waals surface area contributed by atoms with Crippen molar-refractivity contribution in [2.75, 3.05) is 24.7 Å². The van der Waals surface area contributed by atoms with Crippen molar-refractivity contribution in [2.45, 2.75) is 6.42 Å². The van der Waals surface area contributed by atoms with Crippen LogP contribution in [-0.4, -0.2) is 13.7 Å². The van der Waals surface area contributed by atoms with Gasteiger partial charge in [-0.3, -0.25) is 0 Å². The second-order valence-corrected chi connectivity index (χ2v) is 4.24. The molecule has 0 amide bonds. The van der Waals surface area contributed by atoms with Gasteiger partial charge in [-0.15, -0.1) is 0 Å². The van der Waals surface area contributed by atoms with Crippen molar-refractivity contribution in [1.29, 1.82) is 0 Å². The van der Waals surface area contributed by atoms with Crippen molar-refractivity contribution in [2.24, 2.45) is 0 Å². The van der Waals surface area contributed by atoms with E-state index in [9.17, 15) is 4.39 Å². The molecule has 0 saturated heterocycles. The van der Waals surface area contributed by atoms with Gasteiger partial charge in [0.15, 0.2) is 11.6 Å². The van der Waals surface area contributed by atoms with Crippen LogP contribution in [0.5, 0.6) is 5.75 Å². The minimum Gasteiger partial charge on any atom is -0.494 e. The van der Waals surface area contributed by atoms with E-state index in [2.05, 4.69) is 17.4 Å². The lowest BCUT2D eigenvalue weighted by Gasteiger charge is -2.11. The van der Waals surface area contributed by atoms with Gasteiger partial charge >= 0.3 is 0 Å². The lowest BCUT2D eigenvalue weighted by Crippen LogP contribution is -2.07. The summed E-state index contributed by atoms with van der Waals surface area (Å²) in [5, 5.41) is 3.19. The zero-order chi connectivity index (χ0) is 13.7. The van der Waals surface area contributed by atoms with E-state index in [0.717, 1.165) is 13.0 Å². The van der Waals surface area contributed by atoms with Crippen LogP contribution < -0.4 is 15.8 Å². The summed E-state index contributed by atoms with van der Waals surface area (Å²) in [7, 11) is 1.43. The number of benzene rings is 2. The summed E-state index contributed by atoms with van der Waals surface area (Å²) >= 11 is 0. The Bertz CT molecular complexity index is 543. The first-order valence-electron chi connectivity index (χ1n) is 6.11. The van der Waals surface area contributed by atoms with Gasteiger partial charge in [-0.1, -0.05) is 30.3 Å². The van der Waals surface area contributed by atoms with E-state index in [1.807, 2.05) is 18.2 Å². The average molecular weight is 260 g/mol. The number of halogens is 1. The number of anilines is 2. The summed E-state index contributed by atoms with van der Waals surface area (Å²) < 4.78 is 18.3.